The molecule has 0 aliphatic carbocycles. The lowest BCUT2D eigenvalue weighted by molar-refractivity contribution is 0.392. The molecule has 0 unspecified atom stereocenters. The highest BCUT2D eigenvalue weighted by molar-refractivity contribution is 7.92. The summed E-state index contributed by atoms with van der Waals surface area (Å²) in [5.74, 6) is 0.432. The Labute approximate surface area is 166 Å². The molecule has 9 heteroatoms. The number of benzene rings is 2. The summed E-state index contributed by atoms with van der Waals surface area (Å²) in [5.41, 5.74) is 2.75. The Hall–Kier alpha value is -3.04. The summed E-state index contributed by atoms with van der Waals surface area (Å²) in [7, 11) is -2.17. The van der Waals surface area contributed by atoms with Gasteiger partial charge in [0.1, 0.15) is 0 Å². The number of aryl methyl sites for hydroxylation is 1. The summed E-state index contributed by atoms with van der Waals surface area (Å²) in [6.45, 7) is 1.89. The molecule has 0 radical (unpaired) electrons. The lowest BCUT2D eigenvalue weighted by Gasteiger charge is -2.09. The van der Waals surface area contributed by atoms with E-state index in [0.29, 0.717) is 17.3 Å². The zero-order valence-corrected chi connectivity index (χ0v) is 16.7. The second-order valence-corrected chi connectivity index (χ2v) is 8.92. The van der Waals surface area contributed by atoms with E-state index in [1.165, 1.54) is 18.4 Å². The Morgan fingerprint density at radius 2 is 1.79 bits per heavy atom. The van der Waals surface area contributed by atoms with Crippen molar-refractivity contribution in [2.24, 2.45) is 0 Å². The summed E-state index contributed by atoms with van der Waals surface area (Å²) in [6.07, 6.45) is 0. The number of fused-ring (bicyclic) bond motifs is 1. The summed E-state index contributed by atoms with van der Waals surface area (Å²) in [6, 6.07) is 15.4. The molecule has 2 heterocycles. The third-order valence-electron chi connectivity index (χ3n) is 4.06. The molecule has 0 fully saturated rings. The quantitative estimate of drug-likeness (QED) is 0.535. The van der Waals surface area contributed by atoms with Crippen LogP contribution in [0.3, 0.4) is 0 Å². The first-order valence-electron chi connectivity index (χ1n) is 8.33. The van der Waals surface area contributed by atoms with Gasteiger partial charge in [0.25, 0.3) is 10.0 Å². The van der Waals surface area contributed by atoms with Gasteiger partial charge in [-0.1, -0.05) is 12.1 Å². The molecule has 2 aromatic carbocycles. The van der Waals surface area contributed by atoms with Crippen LogP contribution in [0.2, 0.25) is 0 Å². The van der Waals surface area contributed by atoms with Crippen LogP contribution in [0.15, 0.2) is 59.5 Å². The molecule has 0 saturated carbocycles. The summed E-state index contributed by atoms with van der Waals surface area (Å²) < 4.78 is 33.9. The Morgan fingerprint density at radius 3 is 2.46 bits per heavy atom. The van der Waals surface area contributed by atoms with Crippen molar-refractivity contribution in [2.75, 3.05) is 11.8 Å². The molecule has 0 bridgehead atoms. The van der Waals surface area contributed by atoms with Crippen molar-refractivity contribution in [1.29, 1.82) is 0 Å². The average Bonchev–Trinajstić information content (AvgIpc) is 3.07. The van der Waals surface area contributed by atoms with Gasteiger partial charge in [0.2, 0.25) is 5.88 Å². The van der Waals surface area contributed by atoms with E-state index in [2.05, 4.69) is 19.9 Å². The number of ether oxygens (including phenoxy) is 1. The number of hydrogen-bond acceptors (Lipinski definition) is 7. The smallest absolute Gasteiger partial charge is 0.261 e. The van der Waals surface area contributed by atoms with Gasteiger partial charge in [0.15, 0.2) is 0 Å². The van der Waals surface area contributed by atoms with E-state index in [-0.39, 0.29) is 4.90 Å². The minimum absolute atomic E-state index is 0.203. The fraction of sp³-hybridized carbons (Fsp3) is 0.105. The lowest BCUT2D eigenvalue weighted by Crippen LogP contribution is -2.12. The van der Waals surface area contributed by atoms with Gasteiger partial charge in [-0.15, -0.1) is 21.5 Å². The Kier molecular flexibility index (Phi) is 4.70. The van der Waals surface area contributed by atoms with E-state index in [0.717, 1.165) is 20.8 Å². The monoisotopic (exact) mass is 412 g/mol. The summed E-state index contributed by atoms with van der Waals surface area (Å²) >= 11 is 1.47. The van der Waals surface area contributed by atoms with Gasteiger partial charge in [0.05, 0.1) is 32.9 Å². The minimum atomic E-state index is -3.70. The van der Waals surface area contributed by atoms with Crippen LogP contribution in [0.4, 0.5) is 5.69 Å². The van der Waals surface area contributed by atoms with E-state index in [1.807, 2.05) is 6.92 Å². The maximum atomic E-state index is 12.7. The highest BCUT2D eigenvalue weighted by atomic mass is 32.2. The van der Waals surface area contributed by atoms with E-state index < -0.39 is 10.0 Å². The fourth-order valence-corrected chi connectivity index (χ4v) is 4.72. The van der Waals surface area contributed by atoms with E-state index >= 15 is 0 Å². The van der Waals surface area contributed by atoms with E-state index in [9.17, 15) is 8.42 Å². The van der Waals surface area contributed by atoms with Crippen LogP contribution in [0.1, 0.15) is 5.01 Å². The number of nitrogens with one attached hydrogen (secondary N) is 1. The van der Waals surface area contributed by atoms with Crippen molar-refractivity contribution in [3.8, 4) is 17.1 Å². The second-order valence-electron chi connectivity index (χ2n) is 6.01. The molecule has 4 aromatic rings. The average molecular weight is 412 g/mol. The standard InChI is InChI=1S/C19H16N4O3S2/c1-12-20-17-8-7-15(11-18(17)27-12)28(24,25)23-14-5-3-13(4-6-14)16-9-10-19(26-2)22-21-16/h3-11,23H,1-2H3. The van der Waals surface area contributed by atoms with Crippen LogP contribution in [0.25, 0.3) is 21.5 Å². The SMILES string of the molecule is COc1ccc(-c2ccc(NS(=O)(=O)c3ccc4nc(C)sc4c3)cc2)nn1. The van der Waals surface area contributed by atoms with Gasteiger partial charge in [0, 0.05) is 17.3 Å². The van der Waals surface area contributed by atoms with E-state index in [1.54, 1.807) is 54.6 Å². The molecule has 1 N–H and O–H groups in total. The zero-order valence-electron chi connectivity index (χ0n) is 15.1. The molecular weight excluding hydrogens is 396 g/mol. The number of methoxy groups -OCH3 is 1. The highest BCUT2D eigenvalue weighted by Crippen LogP contribution is 2.26. The molecule has 0 aliphatic rings. The lowest BCUT2D eigenvalue weighted by atomic mass is 10.1. The maximum absolute atomic E-state index is 12.7. The molecule has 0 atom stereocenters. The van der Waals surface area contributed by atoms with Crippen molar-refractivity contribution in [1.82, 2.24) is 15.2 Å². The second kappa shape index (κ2) is 7.17. The molecule has 0 spiro atoms. The van der Waals surface area contributed by atoms with Crippen LogP contribution in [0.5, 0.6) is 5.88 Å². The first-order chi connectivity index (χ1) is 13.4. The van der Waals surface area contributed by atoms with E-state index in [4.69, 9.17) is 4.74 Å². The van der Waals surface area contributed by atoms with Gasteiger partial charge in [-0.2, -0.15) is 0 Å². The molecule has 142 valence electrons. The van der Waals surface area contributed by atoms with Crippen LogP contribution in [-0.4, -0.2) is 30.7 Å². The van der Waals surface area contributed by atoms with Crippen molar-refractivity contribution in [3.63, 3.8) is 0 Å². The van der Waals surface area contributed by atoms with Gasteiger partial charge in [-0.25, -0.2) is 13.4 Å². The van der Waals surface area contributed by atoms with Gasteiger partial charge >= 0.3 is 0 Å². The van der Waals surface area contributed by atoms with Crippen LogP contribution in [0, 0.1) is 6.92 Å². The largest absolute Gasteiger partial charge is 0.480 e. The van der Waals surface area contributed by atoms with Crippen LogP contribution < -0.4 is 9.46 Å². The zero-order chi connectivity index (χ0) is 19.7. The van der Waals surface area contributed by atoms with Crippen molar-refractivity contribution in [2.45, 2.75) is 11.8 Å². The Balaban J connectivity index is 1.56. The number of rotatable bonds is 5. The number of thiazole rings is 1. The first kappa shape index (κ1) is 18.3. The number of anilines is 1. The van der Waals surface area contributed by atoms with Crippen LogP contribution in [-0.2, 0) is 10.0 Å². The molecule has 28 heavy (non-hydrogen) atoms. The van der Waals surface area contributed by atoms with Gasteiger partial charge in [-0.3, -0.25) is 4.72 Å². The third-order valence-corrected chi connectivity index (χ3v) is 6.37. The van der Waals surface area contributed by atoms with Crippen molar-refractivity contribution in [3.05, 3.63) is 59.6 Å². The summed E-state index contributed by atoms with van der Waals surface area (Å²) in [4.78, 5) is 4.56. The predicted octanol–water partition coefficient (Wildman–Crippen LogP) is 3.87. The van der Waals surface area contributed by atoms with Crippen molar-refractivity contribution >= 4 is 37.3 Å². The van der Waals surface area contributed by atoms with Crippen LogP contribution >= 0.6 is 11.3 Å². The van der Waals surface area contributed by atoms with Gasteiger partial charge in [-0.05, 0) is 43.3 Å². The minimum Gasteiger partial charge on any atom is -0.480 e. The number of hydrogen-bond donors (Lipinski definition) is 1. The topological polar surface area (TPSA) is 94.1 Å². The number of aromatic nitrogens is 3. The molecule has 4 rings (SSSR count). The number of sulfonamides is 1. The molecule has 0 aliphatic heterocycles. The number of nitrogens with zero attached hydrogens (tertiary/aromatic N) is 3. The Bertz CT molecular complexity index is 1230. The normalized spacial score (nSPS) is 11.5. The molecule has 7 nitrogen and oxygen atoms in total. The summed E-state index contributed by atoms with van der Waals surface area (Å²) in [5, 5.41) is 8.92. The molecule has 0 saturated heterocycles. The van der Waals surface area contributed by atoms with Gasteiger partial charge < -0.3 is 4.74 Å². The van der Waals surface area contributed by atoms with Crippen molar-refractivity contribution < 1.29 is 13.2 Å². The Morgan fingerprint density at radius 1 is 1.00 bits per heavy atom. The first-order valence-corrected chi connectivity index (χ1v) is 10.6. The molecule has 2 aromatic heterocycles. The third kappa shape index (κ3) is 3.67. The molecule has 0 amide bonds. The molecular formula is C19H16N4O3S2. The fourth-order valence-electron chi connectivity index (χ4n) is 2.69. The maximum Gasteiger partial charge on any atom is 0.261 e. The predicted molar refractivity (Wildman–Crippen MR) is 109 cm³/mol. The highest BCUT2D eigenvalue weighted by Gasteiger charge is 2.16.